The summed E-state index contributed by atoms with van der Waals surface area (Å²) in [6.45, 7) is 1.89. The van der Waals surface area contributed by atoms with Crippen LogP contribution in [-0.2, 0) is 17.5 Å². The quantitative estimate of drug-likeness (QED) is 0.209. The molecule has 0 aliphatic heterocycles. The lowest BCUT2D eigenvalue weighted by atomic mass is 9.97. The van der Waals surface area contributed by atoms with Crippen molar-refractivity contribution in [2.75, 3.05) is 31.8 Å². The number of furan rings is 1. The highest BCUT2D eigenvalue weighted by Gasteiger charge is 2.26. The van der Waals surface area contributed by atoms with Crippen molar-refractivity contribution in [3.8, 4) is 28.2 Å². The summed E-state index contributed by atoms with van der Waals surface area (Å²) in [6, 6.07) is 18.3. The van der Waals surface area contributed by atoms with Crippen LogP contribution in [0, 0.1) is 18.6 Å². The number of amides is 1. The molecule has 0 bridgehead atoms. The molecule has 0 aliphatic rings. The van der Waals surface area contributed by atoms with E-state index >= 15 is 0 Å². The molecule has 0 fully saturated rings. The number of rotatable bonds is 8. The molecule has 2 aromatic heterocycles. The van der Waals surface area contributed by atoms with Crippen molar-refractivity contribution < 1.29 is 26.9 Å². The lowest BCUT2D eigenvalue weighted by molar-refractivity contribution is 0.0964. The molecule has 47 heavy (non-hydrogen) atoms. The van der Waals surface area contributed by atoms with Crippen molar-refractivity contribution in [2.45, 2.75) is 13.5 Å². The van der Waals surface area contributed by atoms with E-state index in [1.165, 1.54) is 61.4 Å². The molecule has 12 heteroatoms. The van der Waals surface area contributed by atoms with Crippen LogP contribution < -0.4 is 19.9 Å². The number of halogens is 2. The fraction of sp³-hybridized carbons (Fsp3) is 0.171. The van der Waals surface area contributed by atoms with Crippen molar-refractivity contribution in [3.63, 3.8) is 0 Å². The Labute approximate surface area is 271 Å². The first kappa shape index (κ1) is 31.6. The fourth-order valence-corrected chi connectivity index (χ4v) is 6.02. The predicted molar refractivity (Wildman–Crippen MR) is 179 cm³/mol. The van der Waals surface area contributed by atoms with Crippen molar-refractivity contribution >= 4 is 44.5 Å². The molecule has 1 atom stereocenters. The average molecular weight is 657 g/mol. The molecule has 6 aromatic rings. The van der Waals surface area contributed by atoms with E-state index in [1.807, 2.05) is 0 Å². The van der Waals surface area contributed by atoms with Crippen molar-refractivity contribution in [1.29, 1.82) is 0 Å². The number of hydrogen-bond donors (Lipinski definition) is 1. The Kier molecular flexibility index (Phi) is 8.37. The summed E-state index contributed by atoms with van der Waals surface area (Å²) in [4.78, 5) is 32.0. The lowest BCUT2D eigenvalue weighted by Crippen LogP contribution is -2.24. The summed E-state index contributed by atoms with van der Waals surface area (Å²) in [5, 5.41) is 3.37. The Bertz CT molecular complexity index is 2260. The Hall–Kier alpha value is -5.36. The molecule has 240 valence electrons. The first-order chi connectivity index (χ1) is 22.5. The van der Waals surface area contributed by atoms with Gasteiger partial charge in [-0.05, 0) is 72.6 Å². The van der Waals surface area contributed by atoms with Gasteiger partial charge in [0, 0.05) is 42.9 Å². The van der Waals surface area contributed by atoms with Gasteiger partial charge in [0.25, 0.3) is 11.5 Å². The van der Waals surface area contributed by atoms with E-state index < -0.39 is 22.7 Å². The molecule has 1 unspecified atom stereocenters. The summed E-state index contributed by atoms with van der Waals surface area (Å²) in [5.41, 5.74) is 3.38. The van der Waals surface area contributed by atoms with E-state index in [-0.39, 0.29) is 34.6 Å². The molecule has 4 aromatic carbocycles. The highest BCUT2D eigenvalue weighted by molar-refractivity contribution is 7.85. The molecule has 0 saturated carbocycles. The number of nitrogens with zero attached hydrogens (tertiary/aromatic N) is 3. The van der Waals surface area contributed by atoms with Crippen molar-refractivity contribution in [2.24, 2.45) is 0 Å². The van der Waals surface area contributed by atoms with Crippen LogP contribution in [0.5, 0.6) is 5.75 Å². The molecule has 0 saturated heterocycles. The zero-order valence-electron chi connectivity index (χ0n) is 26.2. The van der Waals surface area contributed by atoms with Crippen molar-refractivity contribution in [3.05, 3.63) is 112 Å². The largest absolute Gasteiger partial charge is 0.494 e. The molecule has 0 aliphatic carbocycles. The van der Waals surface area contributed by atoms with E-state index in [2.05, 4.69) is 5.32 Å². The van der Waals surface area contributed by atoms with Crippen LogP contribution in [0.3, 0.4) is 0 Å². The predicted octanol–water partition coefficient (Wildman–Crippen LogP) is 6.21. The van der Waals surface area contributed by atoms with E-state index in [0.29, 0.717) is 50.4 Å². The van der Waals surface area contributed by atoms with Crippen LogP contribution >= 0.6 is 0 Å². The van der Waals surface area contributed by atoms with Gasteiger partial charge in [-0.2, -0.15) is 0 Å². The summed E-state index contributed by atoms with van der Waals surface area (Å²) in [5.74, 6) is -0.214. The van der Waals surface area contributed by atoms with Gasteiger partial charge in [-0.15, -0.1) is 0 Å². The number of methoxy groups -OCH3 is 1. The number of nitrogens with one attached hydrogen (secondary N) is 1. The van der Waals surface area contributed by atoms with Crippen molar-refractivity contribution in [1.82, 2.24) is 14.9 Å². The first-order valence-electron chi connectivity index (χ1n) is 14.5. The minimum absolute atomic E-state index is 0.172. The number of anilines is 1. The van der Waals surface area contributed by atoms with E-state index in [9.17, 15) is 22.6 Å². The summed E-state index contributed by atoms with van der Waals surface area (Å²) >= 11 is 0. The smallest absolute Gasteiger partial charge is 0.261 e. The maximum Gasteiger partial charge on any atom is 0.261 e. The number of ether oxygens (including phenoxy) is 1. The van der Waals surface area contributed by atoms with Crippen LogP contribution in [0.25, 0.3) is 44.3 Å². The second kappa shape index (κ2) is 12.4. The van der Waals surface area contributed by atoms with Gasteiger partial charge in [0.05, 0.1) is 30.3 Å². The van der Waals surface area contributed by atoms with E-state index in [4.69, 9.17) is 14.1 Å². The Balaban J connectivity index is 1.63. The second-order valence-corrected chi connectivity index (χ2v) is 12.3. The van der Waals surface area contributed by atoms with Gasteiger partial charge < -0.3 is 14.5 Å². The fourth-order valence-electron chi connectivity index (χ4n) is 5.59. The van der Waals surface area contributed by atoms with Crippen LogP contribution in [0.2, 0.25) is 0 Å². The van der Waals surface area contributed by atoms with Gasteiger partial charge >= 0.3 is 0 Å². The Morgan fingerprint density at radius 2 is 1.66 bits per heavy atom. The zero-order chi connectivity index (χ0) is 33.6. The normalized spacial score (nSPS) is 12.0. The third kappa shape index (κ3) is 5.76. The number of hydrogen-bond acceptors (Lipinski definition) is 6. The molecular formula is C35H30F2N4O5S. The zero-order valence-corrected chi connectivity index (χ0v) is 27.0. The van der Waals surface area contributed by atoms with Gasteiger partial charge in [-0.1, -0.05) is 12.1 Å². The van der Waals surface area contributed by atoms with E-state index in [1.54, 1.807) is 54.7 Å². The Morgan fingerprint density at radius 3 is 2.28 bits per heavy atom. The molecule has 1 N–H and O–H groups in total. The molecule has 0 radical (unpaired) electrons. The second-order valence-electron chi connectivity index (χ2n) is 10.9. The SMILES string of the molecule is CNC(=O)c1c(-c2ccc(F)cc2)oc2cc(N(C)S(C)=O)c(-c3cc(OC)c4nc(C)n(Cc5ccc(F)cc5)c(=O)c4c3)cc12. The first-order valence-corrected chi connectivity index (χ1v) is 16.0. The van der Waals surface area contributed by atoms with Crippen LogP contribution in [-0.4, -0.2) is 47.1 Å². The molecular weight excluding hydrogens is 626 g/mol. The van der Waals surface area contributed by atoms with E-state index in [0.717, 1.165) is 5.56 Å². The standard InChI is InChI=1S/C35H30F2N4O5S/c1-19-39-32-27(35(43)41(19)18-20-6-10-23(36)11-7-20)14-22(15-30(32)45-4)25-16-26-29(17-28(25)40(3)47(5)44)46-33(31(26)34(42)38-2)21-8-12-24(37)13-9-21/h6-17H,18H2,1-5H3,(H,38,42). The molecule has 2 heterocycles. The number of carbonyl (C=O) groups excluding carboxylic acids is 1. The lowest BCUT2D eigenvalue weighted by Gasteiger charge is -2.21. The number of fused-ring (bicyclic) bond motifs is 2. The van der Waals surface area contributed by atoms with Gasteiger partial charge in [-0.3, -0.25) is 18.5 Å². The number of aromatic nitrogens is 2. The topological polar surface area (TPSA) is 107 Å². The maximum atomic E-state index is 14.0. The van der Waals surface area contributed by atoms with Gasteiger partial charge in [0.1, 0.15) is 51.1 Å². The molecule has 6 rings (SSSR count). The number of aryl methyl sites for hydroxylation is 1. The van der Waals surface area contributed by atoms with Gasteiger partial charge in [0.15, 0.2) is 0 Å². The summed E-state index contributed by atoms with van der Waals surface area (Å²) < 4.78 is 55.1. The van der Waals surface area contributed by atoms with Crippen LogP contribution in [0.1, 0.15) is 21.7 Å². The van der Waals surface area contributed by atoms with Gasteiger partial charge in [0.2, 0.25) is 0 Å². The monoisotopic (exact) mass is 656 g/mol. The van der Waals surface area contributed by atoms with Gasteiger partial charge in [-0.25, -0.2) is 18.0 Å². The minimum Gasteiger partial charge on any atom is -0.494 e. The summed E-state index contributed by atoms with van der Waals surface area (Å²) in [6.07, 6.45) is 1.53. The average Bonchev–Trinajstić information content (AvgIpc) is 3.44. The third-order valence-corrected chi connectivity index (χ3v) is 9.06. The number of benzene rings is 4. The third-order valence-electron chi connectivity index (χ3n) is 8.09. The number of carbonyl (C=O) groups is 1. The van der Waals surface area contributed by atoms with Crippen LogP contribution in [0.15, 0.2) is 82.0 Å². The molecule has 0 spiro atoms. The molecule has 1 amide bonds. The highest BCUT2D eigenvalue weighted by Crippen LogP contribution is 2.42. The Morgan fingerprint density at radius 1 is 1.00 bits per heavy atom. The summed E-state index contributed by atoms with van der Waals surface area (Å²) in [7, 11) is 3.16. The molecule has 9 nitrogen and oxygen atoms in total. The maximum absolute atomic E-state index is 14.0. The minimum atomic E-state index is -1.47. The van der Waals surface area contributed by atoms with Crippen LogP contribution in [0.4, 0.5) is 14.5 Å². The highest BCUT2D eigenvalue weighted by atomic mass is 32.2.